The third kappa shape index (κ3) is 11.0. The first-order valence-corrected chi connectivity index (χ1v) is 9.70. The molecule has 0 unspecified atom stereocenters. The van der Waals surface area contributed by atoms with Gasteiger partial charge in [0.2, 0.25) is 0 Å². The van der Waals surface area contributed by atoms with E-state index in [1.807, 2.05) is 24.3 Å². The Morgan fingerprint density at radius 3 is 1.64 bits per heavy atom. The molecule has 0 aliphatic rings. The van der Waals surface area contributed by atoms with Crippen molar-refractivity contribution in [3.05, 3.63) is 29.3 Å². The molecule has 0 aliphatic heterocycles. The Bertz CT molecular complexity index is 347. The van der Waals surface area contributed by atoms with Crippen LogP contribution < -0.4 is 5.32 Å². The number of unbranched alkanes of at least 4 members (excludes halogenated alkanes) is 11. The zero-order valence-corrected chi connectivity index (χ0v) is 15.1. The molecule has 0 bridgehead atoms. The Morgan fingerprint density at radius 1 is 0.682 bits per heavy atom. The lowest BCUT2D eigenvalue weighted by Gasteiger charge is -2.06. The first-order chi connectivity index (χ1) is 10.8. The van der Waals surface area contributed by atoms with Crippen molar-refractivity contribution >= 4 is 17.3 Å². The summed E-state index contributed by atoms with van der Waals surface area (Å²) in [5, 5.41) is 4.25. The van der Waals surface area contributed by atoms with Crippen molar-refractivity contribution in [1.82, 2.24) is 0 Å². The smallest absolute Gasteiger partial charge is 0.0407 e. The lowest BCUT2D eigenvalue weighted by molar-refractivity contribution is 0.546. The van der Waals surface area contributed by atoms with Gasteiger partial charge >= 0.3 is 0 Å². The van der Waals surface area contributed by atoms with Gasteiger partial charge in [0.25, 0.3) is 0 Å². The molecule has 1 N–H and O–H groups in total. The molecule has 0 saturated carbocycles. The molecule has 0 atom stereocenters. The quantitative estimate of drug-likeness (QED) is 0.350. The maximum Gasteiger partial charge on any atom is 0.0407 e. The minimum Gasteiger partial charge on any atom is -0.385 e. The molecule has 22 heavy (non-hydrogen) atoms. The van der Waals surface area contributed by atoms with Crippen LogP contribution in [0.2, 0.25) is 5.02 Å². The molecule has 0 spiro atoms. The molecule has 2 heteroatoms. The molecule has 0 radical (unpaired) electrons. The predicted molar refractivity (Wildman–Crippen MR) is 101 cm³/mol. The first-order valence-electron chi connectivity index (χ1n) is 9.32. The molecule has 126 valence electrons. The summed E-state index contributed by atoms with van der Waals surface area (Å²) in [5.41, 5.74) is 1.17. The standard InChI is InChI=1S/C20H34ClN/c1-2-3-4-5-6-7-8-9-10-11-12-13-18-22-20-16-14-19(21)15-17-20/h14-17,22H,2-13,18H2,1H3. The van der Waals surface area contributed by atoms with Crippen molar-refractivity contribution in [3.63, 3.8) is 0 Å². The minimum atomic E-state index is 0.802. The maximum atomic E-state index is 5.87. The van der Waals surface area contributed by atoms with Crippen LogP contribution in [0.3, 0.4) is 0 Å². The summed E-state index contributed by atoms with van der Waals surface area (Å²) in [7, 11) is 0. The molecule has 1 rings (SSSR count). The summed E-state index contributed by atoms with van der Waals surface area (Å²) >= 11 is 5.87. The molecule has 0 aromatic heterocycles. The summed E-state index contributed by atoms with van der Waals surface area (Å²) in [4.78, 5) is 0. The number of nitrogens with one attached hydrogen (secondary N) is 1. The van der Waals surface area contributed by atoms with Crippen LogP contribution in [-0.4, -0.2) is 6.54 Å². The molecule has 0 fully saturated rings. The van der Waals surface area contributed by atoms with Gasteiger partial charge in [-0.05, 0) is 30.7 Å². The number of benzene rings is 1. The summed E-state index contributed by atoms with van der Waals surface area (Å²) in [6.07, 6.45) is 16.8. The third-order valence-corrected chi connectivity index (χ3v) is 4.46. The van der Waals surface area contributed by atoms with Crippen LogP contribution in [0.5, 0.6) is 0 Å². The highest BCUT2D eigenvalue weighted by Gasteiger charge is 1.94. The Balaban J connectivity index is 1.79. The lowest BCUT2D eigenvalue weighted by atomic mass is 10.1. The van der Waals surface area contributed by atoms with Gasteiger partial charge in [0.05, 0.1) is 0 Å². The summed E-state index contributed by atoms with van der Waals surface area (Å²) in [6.45, 7) is 3.35. The molecule has 0 heterocycles. The Hall–Kier alpha value is -0.690. The van der Waals surface area contributed by atoms with E-state index in [0.717, 1.165) is 11.6 Å². The molecule has 1 nitrogen and oxygen atoms in total. The molecule has 0 saturated heterocycles. The number of halogens is 1. The molecule has 0 amide bonds. The van der Waals surface area contributed by atoms with E-state index in [4.69, 9.17) is 11.6 Å². The van der Waals surface area contributed by atoms with Gasteiger partial charge in [-0.15, -0.1) is 0 Å². The second-order valence-electron chi connectivity index (χ2n) is 6.32. The Morgan fingerprint density at radius 2 is 1.14 bits per heavy atom. The fraction of sp³-hybridized carbons (Fsp3) is 0.700. The molecular formula is C20H34ClN. The van der Waals surface area contributed by atoms with Crippen LogP contribution in [0.15, 0.2) is 24.3 Å². The highest BCUT2D eigenvalue weighted by Crippen LogP contribution is 2.14. The maximum absolute atomic E-state index is 5.87. The van der Waals surface area contributed by atoms with Crippen molar-refractivity contribution < 1.29 is 0 Å². The SMILES string of the molecule is CCCCCCCCCCCCCCNc1ccc(Cl)cc1. The van der Waals surface area contributed by atoms with E-state index in [-0.39, 0.29) is 0 Å². The van der Waals surface area contributed by atoms with Gasteiger partial charge in [-0.1, -0.05) is 89.2 Å². The summed E-state index contributed by atoms with van der Waals surface area (Å²) in [6, 6.07) is 7.96. The van der Waals surface area contributed by atoms with E-state index in [0.29, 0.717) is 0 Å². The molecular weight excluding hydrogens is 290 g/mol. The van der Waals surface area contributed by atoms with Gasteiger partial charge in [0.15, 0.2) is 0 Å². The van der Waals surface area contributed by atoms with Gasteiger partial charge in [0, 0.05) is 17.3 Å². The average molecular weight is 324 g/mol. The van der Waals surface area contributed by atoms with E-state index in [2.05, 4.69) is 12.2 Å². The van der Waals surface area contributed by atoms with E-state index in [1.54, 1.807) is 0 Å². The average Bonchev–Trinajstić information content (AvgIpc) is 2.53. The molecule has 0 aliphatic carbocycles. The van der Waals surface area contributed by atoms with Crippen molar-refractivity contribution in [1.29, 1.82) is 0 Å². The number of anilines is 1. The van der Waals surface area contributed by atoms with Gasteiger partial charge in [0.1, 0.15) is 0 Å². The topological polar surface area (TPSA) is 12.0 Å². The minimum absolute atomic E-state index is 0.802. The van der Waals surface area contributed by atoms with E-state index < -0.39 is 0 Å². The zero-order valence-electron chi connectivity index (χ0n) is 14.4. The fourth-order valence-electron chi connectivity index (χ4n) is 2.77. The van der Waals surface area contributed by atoms with E-state index >= 15 is 0 Å². The number of rotatable bonds is 14. The highest BCUT2D eigenvalue weighted by atomic mass is 35.5. The monoisotopic (exact) mass is 323 g/mol. The first kappa shape index (κ1) is 19.4. The fourth-order valence-corrected chi connectivity index (χ4v) is 2.89. The van der Waals surface area contributed by atoms with Gasteiger partial charge in [-0.3, -0.25) is 0 Å². The lowest BCUT2D eigenvalue weighted by Crippen LogP contribution is -2.00. The van der Waals surface area contributed by atoms with Crippen LogP contribution in [0.25, 0.3) is 0 Å². The number of hydrogen-bond acceptors (Lipinski definition) is 1. The highest BCUT2D eigenvalue weighted by molar-refractivity contribution is 6.30. The van der Waals surface area contributed by atoms with Crippen LogP contribution in [0, 0.1) is 0 Å². The Kier molecular flexibility index (Phi) is 12.3. The van der Waals surface area contributed by atoms with Crippen molar-refractivity contribution in [2.45, 2.75) is 84.0 Å². The third-order valence-electron chi connectivity index (χ3n) is 4.20. The van der Waals surface area contributed by atoms with Crippen molar-refractivity contribution in [2.24, 2.45) is 0 Å². The molecule has 1 aromatic carbocycles. The van der Waals surface area contributed by atoms with Crippen molar-refractivity contribution in [3.8, 4) is 0 Å². The van der Waals surface area contributed by atoms with Gasteiger partial charge < -0.3 is 5.32 Å². The van der Waals surface area contributed by atoms with E-state index in [1.165, 1.54) is 82.7 Å². The number of hydrogen-bond donors (Lipinski definition) is 1. The normalized spacial score (nSPS) is 10.8. The van der Waals surface area contributed by atoms with Crippen LogP contribution in [-0.2, 0) is 0 Å². The van der Waals surface area contributed by atoms with Gasteiger partial charge in [-0.25, -0.2) is 0 Å². The van der Waals surface area contributed by atoms with Crippen LogP contribution in [0.4, 0.5) is 5.69 Å². The van der Waals surface area contributed by atoms with Gasteiger partial charge in [-0.2, -0.15) is 0 Å². The largest absolute Gasteiger partial charge is 0.385 e. The summed E-state index contributed by atoms with van der Waals surface area (Å²) < 4.78 is 0. The summed E-state index contributed by atoms with van der Waals surface area (Å²) in [5.74, 6) is 0. The predicted octanol–water partition coefficient (Wildman–Crippen LogP) is 7.45. The second kappa shape index (κ2) is 13.9. The van der Waals surface area contributed by atoms with Crippen molar-refractivity contribution in [2.75, 3.05) is 11.9 Å². The molecule has 1 aromatic rings. The van der Waals surface area contributed by atoms with Crippen LogP contribution >= 0.6 is 11.6 Å². The van der Waals surface area contributed by atoms with E-state index in [9.17, 15) is 0 Å². The zero-order chi connectivity index (χ0) is 15.9. The van der Waals surface area contributed by atoms with Crippen LogP contribution in [0.1, 0.15) is 84.0 Å². The Labute approximate surface area is 142 Å². The second-order valence-corrected chi connectivity index (χ2v) is 6.76.